The number of hydrogen-bond acceptors (Lipinski definition) is 3. The largest absolute Gasteiger partial charge is 0.380 e. The maximum absolute atomic E-state index is 5.20. The lowest BCUT2D eigenvalue weighted by Gasteiger charge is -2.38. The molecule has 1 aliphatic heterocycles. The molecule has 0 unspecified atom stereocenters. The molecule has 1 fully saturated rings. The van der Waals surface area contributed by atoms with Crippen LogP contribution in [0.3, 0.4) is 0 Å². The molecule has 0 amide bonds. The fourth-order valence-corrected chi connectivity index (χ4v) is 1.65. The average Bonchev–Trinajstić information content (AvgIpc) is 2.20. The molecule has 4 nitrogen and oxygen atoms in total. The summed E-state index contributed by atoms with van der Waals surface area (Å²) in [5.74, 6) is 1.98. The van der Waals surface area contributed by atoms with Crippen molar-refractivity contribution in [3.05, 3.63) is 0 Å². The number of thioether (sulfide) groups is 1. The van der Waals surface area contributed by atoms with Gasteiger partial charge in [-0.2, -0.15) is 11.8 Å². The van der Waals surface area contributed by atoms with Gasteiger partial charge in [-0.25, -0.2) is 0 Å². The van der Waals surface area contributed by atoms with Crippen LogP contribution in [0.25, 0.3) is 0 Å². The third-order valence-electron chi connectivity index (χ3n) is 2.41. The van der Waals surface area contributed by atoms with Gasteiger partial charge in [0.25, 0.3) is 0 Å². The van der Waals surface area contributed by atoms with E-state index in [9.17, 15) is 0 Å². The highest BCUT2D eigenvalue weighted by atomic mass is 127. The molecule has 0 aromatic carbocycles. The van der Waals surface area contributed by atoms with Gasteiger partial charge in [-0.05, 0) is 6.26 Å². The Morgan fingerprint density at radius 2 is 2.12 bits per heavy atom. The molecular formula is C10H22IN3OS. The van der Waals surface area contributed by atoms with Crippen molar-refractivity contribution in [2.75, 3.05) is 45.4 Å². The van der Waals surface area contributed by atoms with Crippen LogP contribution in [0.1, 0.15) is 6.92 Å². The summed E-state index contributed by atoms with van der Waals surface area (Å²) in [5.41, 5.74) is 0.289. The Morgan fingerprint density at radius 1 is 1.44 bits per heavy atom. The molecule has 0 atom stereocenters. The first-order chi connectivity index (χ1) is 7.20. The first-order valence-corrected chi connectivity index (χ1v) is 6.61. The molecule has 0 radical (unpaired) electrons. The second-order valence-corrected chi connectivity index (χ2v) is 5.13. The molecule has 2 N–H and O–H groups in total. The summed E-state index contributed by atoms with van der Waals surface area (Å²) in [6, 6.07) is 0. The van der Waals surface area contributed by atoms with Crippen LogP contribution in [0.2, 0.25) is 0 Å². The number of halogens is 1. The predicted octanol–water partition coefficient (Wildman–Crippen LogP) is 1.17. The lowest BCUT2D eigenvalue weighted by molar-refractivity contribution is -0.0971. The number of nitrogens with zero attached hydrogens (tertiary/aromatic N) is 1. The van der Waals surface area contributed by atoms with Crippen LogP contribution in [-0.2, 0) is 4.74 Å². The van der Waals surface area contributed by atoms with E-state index in [1.807, 2.05) is 11.8 Å². The fourth-order valence-electron chi connectivity index (χ4n) is 1.34. The van der Waals surface area contributed by atoms with Crippen LogP contribution in [0.15, 0.2) is 4.99 Å². The molecule has 0 saturated carbocycles. The second kappa shape index (κ2) is 8.41. The Labute approximate surface area is 119 Å². The van der Waals surface area contributed by atoms with E-state index in [1.54, 1.807) is 7.05 Å². The highest BCUT2D eigenvalue weighted by Gasteiger charge is 2.33. The monoisotopic (exact) mass is 359 g/mol. The Kier molecular flexibility index (Phi) is 8.57. The maximum Gasteiger partial charge on any atom is 0.191 e. The van der Waals surface area contributed by atoms with Crippen molar-refractivity contribution in [3.8, 4) is 0 Å². The Morgan fingerprint density at radius 3 is 2.56 bits per heavy atom. The van der Waals surface area contributed by atoms with Crippen molar-refractivity contribution in [3.63, 3.8) is 0 Å². The van der Waals surface area contributed by atoms with Crippen molar-refractivity contribution in [2.45, 2.75) is 6.92 Å². The lowest BCUT2D eigenvalue weighted by atomic mass is 9.89. The summed E-state index contributed by atoms with van der Waals surface area (Å²) in [5, 5.41) is 6.59. The molecular weight excluding hydrogens is 337 g/mol. The summed E-state index contributed by atoms with van der Waals surface area (Å²) >= 11 is 1.83. The summed E-state index contributed by atoms with van der Waals surface area (Å²) in [6.07, 6.45) is 2.10. The molecule has 1 saturated heterocycles. The number of aliphatic imine (C=N–C) groups is 1. The summed E-state index contributed by atoms with van der Waals surface area (Å²) in [4.78, 5) is 4.17. The van der Waals surface area contributed by atoms with Crippen molar-refractivity contribution >= 4 is 41.7 Å². The van der Waals surface area contributed by atoms with Gasteiger partial charge in [0.05, 0.1) is 13.2 Å². The van der Waals surface area contributed by atoms with Gasteiger partial charge in [-0.3, -0.25) is 4.99 Å². The Hall–Kier alpha value is 0.310. The standard InChI is InChI=1S/C10H21N3OS.HI/c1-10(7-14-8-10)6-13-9(11-2)12-4-5-15-3;/h4-8H2,1-3H3,(H2,11,12,13);1H. The van der Waals surface area contributed by atoms with Gasteiger partial charge in [-0.15, -0.1) is 24.0 Å². The SMILES string of the molecule is CN=C(NCCSC)NCC1(C)COC1.I. The van der Waals surface area contributed by atoms with Gasteiger partial charge in [0.2, 0.25) is 0 Å². The van der Waals surface area contributed by atoms with Crippen LogP contribution < -0.4 is 10.6 Å². The van der Waals surface area contributed by atoms with E-state index in [4.69, 9.17) is 4.74 Å². The summed E-state index contributed by atoms with van der Waals surface area (Å²) in [7, 11) is 1.80. The van der Waals surface area contributed by atoms with Crippen LogP contribution in [0.5, 0.6) is 0 Å². The third-order valence-corrected chi connectivity index (χ3v) is 3.02. The predicted molar refractivity (Wildman–Crippen MR) is 82.1 cm³/mol. The third kappa shape index (κ3) is 5.58. The van der Waals surface area contributed by atoms with Crippen molar-refractivity contribution in [2.24, 2.45) is 10.4 Å². The first kappa shape index (κ1) is 16.3. The molecule has 1 aliphatic rings. The average molecular weight is 359 g/mol. The minimum atomic E-state index is 0. The molecule has 0 bridgehead atoms. The van der Waals surface area contributed by atoms with Crippen molar-refractivity contribution < 1.29 is 4.74 Å². The number of hydrogen-bond donors (Lipinski definition) is 2. The van der Waals surface area contributed by atoms with E-state index >= 15 is 0 Å². The number of nitrogens with one attached hydrogen (secondary N) is 2. The maximum atomic E-state index is 5.20. The second-order valence-electron chi connectivity index (χ2n) is 4.15. The molecule has 16 heavy (non-hydrogen) atoms. The van der Waals surface area contributed by atoms with E-state index in [0.717, 1.165) is 38.0 Å². The summed E-state index contributed by atoms with van der Waals surface area (Å²) in [6.45, 7) is 5.79. The molecule has 0 spiro atoms. The van der Waals surface area contributed by atoms with Crippen LogP contribution in [-0.4, -0.2) is 51.3 Å². The van der Waals surface area contributed by atoms with E-state index in [-0.39, 0.29) is 29.4 Å². The fraction of sp³-hybridized carbons (Fsp3) is 0.900. The molecule has 96 valence electrons. The number of ether oxygens (including phenoxy) is 1. The van der Waals surface area contributed by atoms with E-state index in [1.165, 1.54) is 0 Å². The lowest BCUT2D eigenvalue weighted by Crippen LogP contribution is -2.51. The first-order valence-electron chi connectivity index (χ1n) is 5.21. The molecule has 0 aromatic rings. The number of rotatable bonds is 5. The van der Waals surface area contributed by atoms with Crippen molar-refractivity contribution in [1.82, 2.24) is 10.6 Å². The van der Waals surface area contributed by atoms with Gasteiger partial charge in [0.1, 0.15) is 0 Å². The van der Waals surface area contributed by atoms with Gasteiger partial charge in [0.15, 0.2) is 5.96 Å². The molecule has 0 aliphatic carbocycles. The van der Waals surface area contributed by atoms with Crippen LogP contribution >= 0.6 is 35.7 Å². The molecule has 6 heteroatoms. The van der Waals surface area contributed by atoms with E-state index < -0.39 is 0 Å². The molecule has 1 rings (SSSR count). The van der Waals surface area contributed by atoms with Gasteiger partial charge in [0, 0.05) is 31.3 Å². The van der Waals surface area contributed by atoms with Crippen LogP contribution in [0.4, 0.5) is 0 Å². The van der Waals surface area contributed by atoms with E-state index in [2.05, 4.69) is 28.8 Å². The zero-order valence-electron chi connectivity index (χ0n) is 10.2. The normalized spacial score (nSPS) is 18.3. The summed E-state index contributed by atoms with van der Waals surface area (Å²) < 4.78 is 5.20. The molecule has 0 aromatic heterocycles. The van der Waals surface area contributed by atoms with Crippen molar-refractivity contribution in [1.29, 1.82) is 0 Å². The number of guanidine groups is 1. The topological polar surface area (TPSA) is 45.7 Å². The highest BCUT2D eigenvalue weighted by Crippen LogP contribution is 2.24. The van der Waals surface area contributed by atoms with Crippen LogP contribution in [0, 0.1) is 5.41 Å². The zero-order valence-corrected chi connectivity index (χ0v) is 13.4. The van der Waals surface area contributed by atoms with Gasteiger partial charge in [-0.1, -0.05) is 6.92 Å². The minimum absolute atomic E-state index is 0. The minimum Gasteiger partial charge on any atom is -0.380 e. The Bertz CT molecular complexity index is 222. The highest BCUT2D eigenvalue weighted by molar-refractivity contribution is 14.0. The zero-order chi connectivity index (χ0) is 11.1. The Balaban J connectivity index is 0.00000225. The van der Waals surface area contributed by atoms with Gasteiger partial charge >= 0.3 is 0 Å². The molecule has 1 heterocycles. The van der Waals surface area contributed by atoms with Gasteiger partial charge < -0.3 is 15.4 Å². The quantitative estimate of drug-likeness (QED) is 0.335. The smallest absolute Gasteiger partial charge is 0.191 e. The van der Waals surface area contributed by atoms with E-state index in [0.29, 0.717) is 0 Å².